The monoisotopic (exact) mass is 548 g/mol. The topological polar surface area (TPSA) is 74.6 Å². The number of nitrogens with zero attached hydrogens (tertiary/aromatic N) is 4. The van der Waals surface area contributed by atoms with E-state index in [1.807, 2.05) is 44.4 Å². The first kappa shape index (κ1) is 23.4. The van der Waals surface area contributed by atoms with E-state index < -0.39 is 0 Å². The second-order valence-electron chi connectivity index (χ2n) is 5.89. The van der Waals surface area contributed by atoms with Gasteiger partial charge in [0.1, 0.15) is 0 Å². The summed E-state index contributed by atoms with van der Waals surface area (Å²) >= 11 is 3.51. The van der Waals surface area contributed by atoms with Crippen molar-refractivity contribution in [1.82, 2.24) is 25.3 Å². The van der Waals surface area contributed by atoms with Crippen LogP contribution in [0.3, 0.4) is 0 Å². The summed E-state index contributed by atoms with van der Waals surface area (Å²) in [6.45, 7) is 1.71. The van der Waals surface area contributed by atoms with Gasteiger partial charge in [0.15, 0.2) is 5.96 Å². The summed E-state index contributed by atoms with van der Waals surface area (Å²) < 4.78 is 2.82. The molecule has 1 aromatic carbocycles. The number of rotatable bonds is 7. The van der Waals surface area contributed by atoms with Gasteiger partial charge in [-0.2, -0.15) is 5.10 Å². The Labute approximate surface area is 185 Å². The summed E-state index contributed by atoms with van der Waals surface area (Å²) in [4.78, 5) is 18.2. The number of nitrogens with one attached hydrogen (secondary N) is 2. The molecule has 0 aliphatic rings. The van der Waals surface area contributed by atoms with Crippen molar-refractivity contribution in [2.75, 3.05) is 20.6 Å². The SMILES string of the molecule is CN=C(NCCC(=O)N(C)Cc1ccccc1Br)NCc1ccnn1C.I. The molecule has 0 aliphatic heterocycles. The third-order valence-electron chi connectivity index (χ3n) is 4.01. The maximum Gasteiger partial charge on any atom is 0.224 e. The van der Waals surface area contributed by atoms with Gasteiger partial charge < -0.3 is 15.5 Å². The lowest BCUT2D eigenvalue weighted by molar-refractivity contribution is -0.130. The second kappa shape index (κ2) is 12.0. The first-order valence-electron chi connectivity index (χ1n) is 8.40. The zero-order valence-electron chi connectivity index (χ0n) is 15.8. The van der Waals surface area contributed by atoms with Crippen LogP contribution in [0.5, 0.6) is 0 Å². The van der Waals surface area contributed by atoms with Crippen molar-refractivity contribution < 1.29 is 4.79 Å². The molecule has 0 fully saturated rings. The van der Waals surface area contributed by atoms with E-state index in [-0.39, 0.29) is 29.9 Å². The fourth-order valence-electron chi connectivity index (χ4n) is 2.42. The Kier molecular flexibility index (Phi) is 10.4. The molecule has 1 heterocycles. The number of carbonyl (C=O) groups is 1. The minimum Gasteiger partial charge on any atom is -0.356 e. The van der Waals surface area contributed by atoms with Gasteiger partial charge in [0.25, 0.3) is 0 Å². The van der Waals surface area contributed by atoms with Crippen LogP contribution in [0, 0.1) is 0 Å². The van der Waals surface area contributed by atoms with Crippen LogP contribution >= 0.6 is 39.9 Å². The van der Waals surface area contributed by atoms with Gasteiger partial charge in [-0.25, -0.2) is 0 Å². The van der Waals surface area contributed by atoms with Gasteiger partial charge in [-0.1, -0.05) is 34.1 Å². The van der Waals surface area contributed by atoms with Crippen LogP contribution < -0.4 is 10.6 Å². The van der Waals surface area contributed by atoms with Gasteiger partial charge in [-0.05, 0) is 17.7 Å². The molecule has 0 spiro atoms. The molecule has 148 valence electrons. The van der Waals surface area contributed by atoms with Crippen LogP contribution in [-0.2, 0) is 24.9 Å². The maximum atomic E-state index is 12.3. The maximum absolute atomic E-state index is 12.3. The number of guanidine groups is 1. The molecule has 7 nitrogen and oxygen atoms in total. The van der Waals surface area contributed by atoms with Crippen LogP contribution in [-0.4, -0.2) is 47.2 Å². The Bertz CT molecular complexity index is 764. The summed E-state index contributed by atoms with van der Waals surface area (Å²) in [6.07, 6.45) is 2.15. The first-order chi connectivity index (χ1) is 12.5. The molecule has 0 saturated carbocycles. The molecule has 0 radical (unpaired) electrons. The molecule has 0 atom stereocenters. The molecule has 1 amide bonds. The lowest BCUT2D eigenvalue weighted by Crippen LogP contribution is -2.39. The molecule has 27 heavy (non-hydrogen) atoms. The molecule has 0 aliphatic carbocycles. The highest BCUT2D eigenvalue weighted by molar-refractivity contribution is 14.0. The molecule has 0 saturated heterocycles. The van der Waals surface area contributed by atoms with Crippen LogP contribution in [0.25, 0.3) is 0 Å². The molecule has 0 unspecified atom stereocenters. The van der Waals surface area contributed by atoms with Crippen LogP contribution in [0.2, 0.25) is 0 Å². The lowest BCUT2D eigenvalue weighted by atomic mass is 10.2. The highest BCUT2D eigenvalue weighted by Gasteiger charge is 2.11. The summed E-state index contributed by atoms with van der Waals surface area (Å²) in [5.41, 5.74) is 2.14. The van der Waals surface area contributed by atoms with Crippen LogP contribution in [0.4, 0.5) is 0 Å². The van der Waals surface area contributed by atoms with Gasteiger partial charge >= 0.3 is 0 Å². The van der Waals surface area contributed by atoms with Crippen molar-refractivity contribution >= 4 is 51.8 Å². The average Bonchev–Trinajstić information content (AvgIpc) is 3.04. The van der Waals surface area contributed by atoms with Crippen LogP contribution in [0.15, 0.2) is 46.0 Å². The molecule has 2 aromatic rings. The number of aliphatic imine (C=N–C) groups is 1. The zero-order valence-corrected chi connectivity index (χ0v) is 19.7. The van der Waals surface area contributed by atoms with E-state index in [4.69, 9.17) is 0 Å². The standard InChI is InChI=1S/C18H25BrN6O.HI/c1-20-18(22-12-15-8-11-23-25(15)3)21-10-9-17(26)24(2)13-14-6-4-5-7-16(14)19;/h4-8,11H,9-10,12-13H2,1-3H3,(H2,20,21,22);1H. The summed E-state index contributed by atoms with van der Waals surface area (Å²) in [6, 6.07) is 9.87. The molecular weight excluding hydrogens is 523 g/mol. The predicted octanol–water partition coefficient (Wildman–Crippen LogP) is 2.51. The number of aryl methyl sites for hydroxylation is 1. The number of amides is 1. The molecule has 2 N–H and O–H groups in total. The van der Waals surface area contributed by atoms with E-state index in [0.717, 1.165) is 15.7 Å². The number of hydrogen-bond donors (Lipinski definition) is 2. The molecule has 9 heteroatoms. The zero-order chi connectivity index (χ0) is 18.9. The Morgan fingerprint density at radius 1 is 1.30 bits per heavy atom. The Balaban J connectivity index is 0.00000364. The molecule has 2 rings (SSSR count). The van der Waals surface area contributed by atoms with Crippen molar-refractivity contribution in [3.05, 3.63) is 52.3 Å². The Morgan fingerprint density at radius 3 is 2.67 bits per heavy atom. The molecular formula is C18H26BrIN6O. The summed E-state index contributed by atoms with van der Waals surface area (Å²) in [5, 5.41) is 10.5. The lowest BCUT2D eigenvalue weighted by Gasteiger charge is -2.19. The van der Waals surface area contributed by atoms with Crippen molar-refractivity contribution in [2.45, 2.75) is 19.5 Å². The highest BCUT2D eigenvalue weighted by Crippen LogP contribution is 2.17. The van der Waals surface area contributed by atoms with E-state index >= 15 is 0 Å². The first-order valence-corrected chi connectivity index (χ1v) is 9.19. The summed E-state index contributed by atoms with van der Waals surface area (Å²) in [7, 11) is 5.42. The number of halogens is 2. The van der Waals surface area contributed by atoms with E-state index in [2.05, 4.69) is 36.7 Å². The van der Waals surface area contributed by atoms with Crippen molar-refractivity contribution in [3.63, 3.8) is 0 Å². The number of benzene rings is 1. The smallest absolute Gasteiger partial charge is 0.224 e. The third-order valence-corrected chi connectivity index (χ3v) is 4.78. The third kappa shape index (κ3) is 7.49. The van der Waals surface area contributed by atoms with Crippen molar-refractivity contribution in [2.24, 2.45) is 12.0 Å². The average molecular weight is 549 g/mol. The van der Waals surface area contributed by atoms with Gasteiger partial charge in [0.05, 0.1) is 12.2 Å². The highest BCUT2D eigenvalue weighted by atomic mass is 127. The Hall–Kier alpha value is -1.62. The normalized spacial score (nSPS) is 10.9. The molecule has 0 bridgehead atoms. The number of hydrogen-bond acceptors (Lipinski definition) is 3. The van der Waals surface area contributed by atoms with E-state index in [9.17, 15) is 4.79 Å². The molecule has 1 aromatic heterocycles. The minimum atomic E-state index is 0. The largest absolute Gasteiger partial charge is 0.356 e. The van der Waals surface area contributed by atoms with E-state index in [1.165, 1.54) is 0 Å². The van der Waals surface area contributed by atoms with Gasteiger partial charge in [-0.3, -0.25) is 14.5 Å². The fraction of sp³-hybridized carbons (Fsp3) is 0.389. The van der Waals surface area contributed by atoms with Gasteiger partial charge in [-0.15, -0.1) is 24.0 Å². The Morgan fingerprint density at radius 2 is 2.04 bits per heavy atom. The van der Waals surface area contributed by atoms with Gasteiger partial charge in [0, 0.05) is 51.3 Å². The van der Waals surface area contributed by atoms with Crippen LogP contribution in [0.1, 0.15) is 17.7 Å². The number of aromatic nitrogens is 2. The van der Waals surface area contributed by atoms with Gasteiger partial charge in [0.2, 0.25) is 5.91 Å². The quantitative estimate of drug-likeness (QED) is 0.317. The summed E-state index contributed by atoms with van der Waals surface area (Å²) in [5.74, 6) is 0.739. The van der Waals surface area contributed by atoms with Crippen molar-refractivity contribution in [3.8, 4) is 0 Å². The van der Waals surface area contributed by atoms with E-state index in [1.54, 1.807) is 22.8 Å². The minimum absolute atomic E-state index is 0. The van der Waals surface area contributed by atoms with E-state index in [0.29, 0.717) is 32.0 Å². The fourth-order valence-corrected chi connectivity index (χ4v) is 2.83. The number of carbonyl (C=O) groups excluding carboxylic acids is 1. The predicted molar refractivity (Wildman–Crippen MR) is 122 cm³/mol. The second-order valence-corrected chi connectivity index (χ2v) is 6.74. The van der Waals surface area contributed by atoms with Crippen molar-refractivity contribution in [1.29, 1.82) is 0 Å².